The third-order valence-corrected chi connectivity index (χ3v) is 5.32. The van der Waals surface area contributed by atoms with Crippen LogP contribution < -0.4 is 11.5 Å². The summed E-state index contributed by atoms with van der Waals surface area (Å²) in [5.74, 6) is 0. The molecule has 0 spiro atoms. The first kappa shape index (κ1) is 15.9. The fourth-order valence-corrected chi connectivity index (χ4v) is 3.44. The van der Waals surface area contributed by atoms with Crippen LogP contribution in [0.1, 0.15) is 42.8 Å². The molecule has 4 heteroatoms. The number of anilines is 1. The van der Waals surface area contributed by atoms with Crippen LogP contribution in [0.25, 0.3) is 5.57 Å². The molecule has 118 valence electrons. The molecule has 3 rings (SSSR count). The Morgan fingerprint density at radius 3 is 2.17 bits per heavy atom. The average molecular weight is 305 g/mol. The monoisotopic (exact) mass is 305 g/mol. The predicted molar refractivity (Wildman–Crippen MR) is 98.2 cm³/mol. The number of aromatic nitrogens is 1. The van der Waals surface area contributed by atoms with E-state index >= 15 is 0 Å². The molecule has 0 aliphatic heterocycles. The van der Waals surface area contributed by atoms with Crippen LogP contribution in [0.3, 0.4) is 0 Å². The number of nitrogens with one attached hydrogen (secondary N) is 1. The highest BCUT2D eigenvalue weighted by Gasteiger charge is 2.59. The number of nitrogens with two attached hydrogens (primary N) is 2. The van der Waals surface area contributed by atoms with Crippen LogP contribution in [0.4, 0.5) is 5.69 Å². The summed E-state index contributed by atoms with van der Waals surface area (Å²) >= 11 is 0. The van der Waals surface area contributed by atoms with E-state index in [1.807, 2.05) is 24.3 Å². The molecule has 1 aliphatic rings. The third kappa shape index (κ3) is 2.51. The lowest BCUT2D eigenvalue weighted by Gasteiger charge is -2.22. The van der Waals surface area contributed by atoms with E-state index in [9.17, 15) is 0 Å². The number of hydrogen-bond acceptors (Lipinski definition) is 2. The molecule has 0 bridgehead atoms. The lowest BCUT2D eigenvalue weighted by Crippen LogP contribution is -2.27. The zero-order valence-electron chi connectivity index (χ0n) is 14.3. The van der Waals surface area contributed by atoms with E-state index in [0.717, 1.165) is 40.1 Å². The molecule has 1 aliphatic carbocycles. The van der Waals surface area contributed by atoms with Crippen molar-refractivity contribution in [3.63, 3.8) is 0 Å². The van der Waals surface area contributed by atoms with E-state index in [0.29, 0.717) is 0 Å². The predicted octanol–water partition coefficient (Wildman–Crippen LogP) is 3.27. The van der Waals surface area contributed by atoms with Gasteiger partial charge < -0.3 is 16.5 Å². The van der Waals surface area contributed by atoms with Crippen molar-refractivity contribution in [2.45, 2.75) is 39.7 Å². The Hall–Kier alpha value is -1.94. The number of H-pyrrole nitrogens is 1. The summed E-state index contributed by atoms with van der Waals surface area (Å²) in [6.07, 6.45) is 0.892. The molecule has 2 aromatic rings. The van der Waals surface area contributed by atoms with Gasteiger partial charge in [0.05, 0.1) is 0 Å². The quantitative estimate of drug-likeness (QED) is 0.602. The lowest BCUT2D eigenvalue weighted by atomic mass is 9.73. The minimum atomic E-state index is -0.258. The highest BCUT2D eigenvalue weighted by atomic mass is 14.9. The highest BCUT2D eigenvalue weighted by molar-refractivity contribution is 6.28. The maximum Gasteiger partial charge on any atom is 0.109 e. The van der Waals surface area contributed by atoms with E-state index < -0.39 is 0 Å². The van der Waals surface area contributed by atoms with Gasteiger partial charge in [-0.1, -0.05) is 19.1 Å². The van der Waals surface area contributed by atoms with Crippen molar-refractivity contribution in [2.75, 3.05) is 5.73 Å². The molecule has 1 heterocycles. The molecular formula is C19H24BN3. The largest absolute Gasteiger partial charge is 0.399 e. The van der Waals surface area contributed by atoms with Gasteiger partial charge in [-0.05, 0) is 67.5 Å². The van der Waals surface area contributed by atoms with Crippen molar-refractivity contribution in [2.24, 2.45) is 11.1 Å². The molecule has 2 atom stereocenters. The van der Waals surface area contributed by atoms with E-state index in [2.05, 4.69) is 38.7 Å². The molecule has 23 heavy (non-hydrogen) atoms. The molecule has 1 aromatic heterocycles. The summed E-state index contributed by atoms with van der Waals surface area (Å²) in [7, 11) is 6.66. The zero-order chi connectivity index (χ0) is 17.0. The summed E-state index contributed by atoms with van der Waals surface area (Å²) in [5.41, 5.74) is 18.8. The van der Waals surface area contributed by atoms with E-state index in [4.69, 9.17) is 19.3 Å². The first-order valence-electron chi connectivity index (χ1n) is 7.97. The first-order valence-corrected chi connectivity index (χ1v) is 7.97. The fourth-order valence-electron chi connectivity index (χ4n) is 3.44. The molecule has 1 unspecified atom stereocenters. The van der Waals surface area contributed by atoms with Gasteiger partial charge in [0.25, 0.3) is 0 Å². The fraction of sp³-hybridized carbons (Fsp3) is 0.368. The SMILES string of the molecule is [B]/C(=C(/c1ccc(N)cc1)c1[nH]c(C)cc1C)C1(C)C[C@@]1(C)N. The summed E-state index contributed by atoms with van der Waals surface area (Å²) in [5, 5.41) is 0. The van der Waals surface area contributed by atoms with Crippen molar-refractivity contribution in [1.82, 2.24) is 4.98 Å². The van der Waals surface area contributed by atoms with Gasteiger partial charge >= 0.3 is 0 Å². The Morgan fingerprint density at radius 2 is 1.74 bits per heavy atom. The molecule has 5 N–H and O–H groups in total. The Kier molecular flexibility index (Phi) is 3.49. The van der Waals surface area contributed by atoms with Crippen LogP contribution in [0.5, 0.6) is 0 Å². The topological polar surface area (TPSA) is 67.8 Å². The average Bonchev–Trinajstić information content (AvgIpc) is 2.81. The van der Waals surface area contributed by atoms with Crippen molar-refractivity contribution in [3.8, 4) is 0 Å². The first-order chi connectivity index (χ1) is 10.7. The number of nitrogen functional groups attached to an aromatic ring is 1. The molecule has 1 fully saturated rings. The van der Waals surface area contributed by atoms with Gasteiger partial charge in [0.2, 0.25) is 0 Å². The molecule has 0 saturated heterocycles. The lowest BCUT2D eigenvalue weighted by molar-refractivity contribution is 0.573. The number of hydrogen-bond donors (Lipinski definition) is 3. The van der Waals surface area contributed by atoms with Crippen molar-refractivity contribution in [3.05, 3.63) is 58.3 Å². The van der Waals surface area contributed by atoms with Gasteiger partial charge in [-0.15, -0.1) is 5.47 Å². The van der Waals surface area contributed by atoms with Gasteiger partial charge in [0.1, 0.15) is 7.85 Å². The Balaban J connectivity index is 2.23. The minimum Gasteiger partial charge on any atom is -0.399 e. The van der Waals surface area contributed by atoms with Gasteiger partial charge in [-0.25, -0.2) is 0 Å². The molecule has 0 amide bonds. The van der Waals surface area contributed by atoms with Crippen LogP contribution in [0.15, 0.2) is 35.8 Å². The molecule has 3 nitrogen and oxygen atoms in total. The van der Waals surface area contributed by atoms with Gasteiger partial charge in [-0.2, -0.15) is 0 Å². The standard InChI is InChI=1S/C19H24BN3/c1-11-9-12(2)23-16(11)15(13-5-7-14(21)8-6-13)17(20)18(3)10-19(18,4)22/h5-9,23H,10,21-22H2,1-4H3/b17-15-/t18?,19-/m1/s1. The Morgan fingerprint density at radius 1 is 1.17 bits per heavy atom. The smallest absolute Gasteiger partial charge is 0.109 e. The van der Waals surface area contributed by atoms with Crippen LogP contribution in [0.2, 0.25) is 0 Å². The number of aryl methyl sites for hydroxylation is 2. The second kappa shape index (κ2) is 5.03. The van der Waals surface area contributed by atoms with Crippen LogP contribution in [-0.2, 0) is 0 Å². The second-order valence-corrected chi connectivity index (χ2v) is 7.35. The normalized spacial score (nSPS) is 27.7. The van der Waals surface area contributed by atoms with Crippen molar-refractivity contribution >= 4 is 19.1 Å². The molecule has 1 saturated carbocycles. The Bertz CT molecular complexity index is 783. The van der Waals surface area contributed by atoms with Crippen molar-refractivity contribution in [1.29, 1.82) is 0 Å². The maximum atomic E-state index is 6.66. The number of rotatable bonds is 3. The van der Waals surface area contributed by atoms with Crippen LogP contribution in [-0.4, -0.2) is 18.4 Å². The Labute approximate surface area is 139 Å². The van der Waals surface area contributed by atoms with E-state index in [1.165, 1.54) is 5.56 Å². The number of benzene rings is 1. The summed E-state index contributed by atoms with van der Waals surface area (Å²) in [4.78, 5) is 3.46. The zero-order valence-corrected chi connectivity index (χ0v) is 14.3. The molecular weight excluding hydrogens is 281 g/mol. The summed E-state index contributed by atoms with van der Waals surface area (Å²) < 4.78 is 0. The summed E-state index contributed by atoms with van der Waals surface area (Å²) in [6, 6.07) is 9.99. The molecule has 1 aromatic carbocycles. The van der Waals surface area contributed by atoms with E-state index in [1.54, 1.807) is 0 Å². The maximum absolute atomic E-state index is 6.66. The van der Waals surface area contributed by atoms with Gasteiger partial charge in [0, 0.05) is 22.6 Å². The van der Waals surface area contributed by atoms with Gasteiger partial charge in [0.15, 0.2) is 0 Å². The van der Waals surface area contributed by atoms with Gasteiger partial charge in [-0.3, -0.25) is 0 Å². The highest BCUT2D eigenvalue weighted by Crippen LogP contribution is 2.59. The van der Waals surface area contributed by atoms with Crippen LogP contribution in [0, 0.1) is 19.3 Å². The summed E-state index contributed by atoms with van der Waals surface area (Å²) in [6.45, 7) is 8.36. The van der Waals surface area contributed by atoms with Crippen molar-refractivity contribution < 1.29 is 0 Å². The molecule has 2 radical (unpaired) electrons. The van der Waals surface area contributed by atoms with Crippen LogP contribution >= 0.6 is 0 Å². The van der Waals surface area contributed by atoms with E-state index in [-0.39, 0.29) is 11.0 Å². The second-order valence-electron chi connectivity index (χ2n) is 7.35. The number of aromatic amines is 1. The minimum absolute atomic E-state index is 0.185. The third-order valence-electron chi connectivity index (χ3n) is 5.32.